The van der Waals surface area contributed by atoms with Crippen LogP contribution in [-0.4, -0.2) is 40.6 Å². The Bertz CT molecular complexity index is 666. The average Bonchev–Trinajstić information content (AvgIpc) is 2.96. The molecule has 2 aromatic rings. The first-order valence-electron chi connectivity index (χ1n) is 7.14. The maximum atomic E-state index is 11.8. The lowest BCUT2D eigenvalue weighted by Gasteiger charge is -2.05. The van der Waals surface area contributed by atoms with Crippen LogP contribution in [0.15, 0.2) is 30.5 Å². The Morgan fingerprint density at radius 2 is 2.00 bits per heavy atom. The first-order valence-corrected chi connectivity index (χ1v) is 7.14. The maximum absolute atomic E-state index is 11.8. The second-order valence-electron chi connectivity index (χ2n) is 4.96. The number of nitrogens with one attached hydrogen (secondary N) is 2. The molecule has 0 aliphatic heterocycles. The number of hydrogen-bond acceptors (Lipinski definition) is 5. The fourth-order valence-corrected chi connectivity index (χ4v) is 1.87. The molecule has 0 saturated heterocycles. The largest absolute Gasteiger partial charge is 0.453 e. The molecule has 0 radical (unpaired) electrons. The molecule has 23 heavy (non-hydrogen) atoms. The van der Waals surface area contributed by atoms with Crippen LogP contribution in [0.2, 0.25) is 0 Å². The van der Waals surface area contributed by atoms with Crippen LogP contribution in [0.25, 0.3) is 0 Å². The minimum atomic E-state index is -0.639. The molecule has 8 heteroatoms. The number of carbonyl (C=O) groups is 2. The zero-order valence-corrected chi connectivity index (χ0v) is 13.1. The van der Waals surface area contributed by atoms with Crippen molar-refractivity contribution < 1.29 is 14.3 Å². The SMILES string of the molecule is COC(=O)Nc1cnn(CC(=O)NCCc2ccc(C)cc2)n1. The van der Waals surface area contributed by atoms with E-state index in [0.29, 0.717) is 6.54 Å². The number of aryl methyl sites for hydroxylation is 1. The van der Waals surface area contributed by atoms with Gasteiger partial charge in [-0.05, 0) is 18.9 Å². The van der Waals surface area contributed by atoms with E-state index in [-0.39, 0.29) is 18.3 Å². The molecule has 0 atom stereocenters. The van der Waals surface area contributed by atoms with Gasteiger partial charge >= 0.3 is 6.09 Å². The van der Waals surface area contributed by atoms with Crippen LogP contribution in [0.3, 0.4) is 0 Å². The number of hydrogen-bond donors (Lipinski definition) is 2. The molecule has 2 rings (SSSR count). The van der Waals surface area contributed by atoms with Gasteiger partial charge in [-0.1, -0.05) is 29.8 Å². The van der Waals surface area contributed by atoms with Gasteiger partial charge in [0.25, 0.3) is 0 Å². The molecule has 1 aromatic carbocycles. The lowest BCUT2D eigenvalue weighted by molar-refractivity contribution is -0.122. The molecule has 122 valence electrons. The van der Waals surface area contributed by atoms with E-state index in [4.69, 9.17) is 0 Å². The standard InChI is InChI=1S/C15H19N5O3/c1-11-3-5-12(6-4-11)7-8-16-14(21)10-20-17-9-13(19-20)18-15(22)23-2/h3-6,9H,7-8,10H2,1-2H3,(H,16,21)(H,18,19,22). The Labute approximate surface area is 133 Å². The maximum Gasteiger partial charge on any atom is 0.412 e. The van der Waals surface area contributed by atoms with E-state index in [0.717, 1.165) is 12.0 Å². The molecule has 1 aromatic heterocycles. The van der Waals surface area contributed by atoms with Crippen molar-refractivity contribution in [2.24, 2.45) is 0 Å². The predicted molar refractivity (Wildman–Crippen MR) is 83.9 cm³/mol. The minimum Gasteiger partial charge on any atom is -0.453 e. The van der Waals surface area contributed by atoms with E-state index in [1.807, 2.05) is 31.2 Å². The summed E-state index contributed by atoms with van der Waals surface area (Å²) in [5.41, 5.74) is 2.37. The van der Waals surface area contributed by atoms with Gasteiger partial charge in [0.05, 0.1) is 13.3 Å². The number of aromatic nitrogens is 3. The van der Waals surface area contributed by atoms with Crippen LogP contribution < -0.4 is 10.6 Å². The topological polar surface area (TPSA) is 98.1 Å². The Hall–Kier alpha value is -2.90. The molecule has 0 spiro atoms. The molecule has 0 aliphatic carbocycles. The van der Waals surface area contributed by atoms with E-state index in [2.05, 4.69) is 25.6 Å². The summed E-state index contributed by atoms with van der Waals surface area (Å²) in [5.74, 6) is 0.0293. The minimum absolute atomic E-state index is 0.0171. The summed E-state index contributed by atoms with van der Waals surface area (Å²) in [7, 11) is 1.25. The molecule has 2 N–H and O–H groups in total. The number of carbonyl (C=O) groups excluding carboxylic acids is 2. The Balaban J connectivity index is 1.74. The van der Waals surface area contributed by atoms with Crippen LogP contribution in [0, 0.1) is 6.92 Å². The van der Waals surface area contributed by atoms with Crippen molar-refractivity contribution in [3.8, 4) is 0 Å². The summed E-state index contributed by atoms with van der Waals surface area (Å²) in [6, 6.07) is 8.17. The van der Waals surface area contributed by atoms with Gasteiger partial charge in [-0.25, -0.2) is 4.79 Å². The summed E-state index contributed by atoms with van der Waals surface area (Å²) in [4.78, 5) is 24.0. The van der Waals surface area contributed by atoms with Crippen molar-refractivity contribution in [3.05, 3.63) is 41.6 Å². The summed E-state index contributed by atoms with van der Waals surface area (Å²) >= 11 is 0. The molecular formula is C15H19N5O3. The van der Waals surface area contributed by atoms with E-state index in [9.17, 15) is 9.59 Å². The summed E-state index contributed by atoms with van der Waals surface area (Å²) in [6.07, 6.45) is 1.46. The van der Waals surface area contributed by atoms with Crippen LogP contribution in [0.4, 0.5) is 10.6 Å². The number of nitrogens with zero attached hydrogens (tertiary/aromatic N) is 3. The summed E-state index contributed by atoms with van der Waals surface area (Å²) < 4.78 is 4.44. The third-order valence-corrected chi connectivity index (χ3v) is 3.09. The van der Waals surface area contributed by atoms with E-state index < -0.39 is 6.09 Å². The molecule has 0 bridgehead atoms. The van der Waals surface area contributed by atoms with Crippen molar-refractivity contribution >= 4 is 17.8 Å². The monoisotopic (exact) mass is 317 g/mol. The molecule has 0 aliphatic rings. The van der Waals surface area contributed by atoms with E-state index >= 15 is 0 Å². The zero-order chi connectivity index (χ0) is 16.7. The fraction of sp³-hybridized carbons (Fsp3) is 0.333. The van der Waals surface area contributed by atoms with Crippen LogP contribution in [0.1, 0.15) is 11.1 Å². The van der Waals surface area contributed by atoms with Gasteiger partial charge in [-0.15, -0.1) is 5.10 Å². The van der Waals surface area contributed by atoms with Crippen LogP contribution in [0.5, 0.6) is 0 Å². The van der Waals surface area contributed by atoms with Gasteiger partial charge in [0, 0.05) is 6.54 Å². The van der Waals surface area contributed by atoms with Gasteiger partial charge in [0.1, 0.15) is 6.54 Å². The highest BCUT2D eigenvalue weighted by molar-refractivity contribution is 5.82. The van der Waals surface area contributed by atoms with Gasteiger partial charge in [0.2, 0.25) is 5.91 Å². The molecule has 0 saturated carbocycles. The highest BCUT2D eigenvalue weighted by Crippen LogP contribution is 2.03. The zero-order valence-electron chi connectivity index (χ0n) is 13.1. The van der Waals surface area contributed by atoms with Crippen molar-refractivity contribution in [3.63, 3.8) is 0 Å². The van der Waals surface area contributed by atoms with Gasteiger partial charge in [0.15, 0.2) is 5.82 Å². The number of ether oxygens (including phenoxy) is 1. The van der Waals surface area contributed by atoms with E-state index in [1.54, 1.807) is 0 Å². The second kappa shape index (κ2) is 7.92. The van der Waals surface area contributed by atoms with Crippen LogP contribution >= 0.6 is 0 Å². The predicted octanol–water partition coefficient (Wildman–Crippen LogP) is 1.12. The fourth-order valence-electron chi connectivity index (χ4n) is 1.87. The first kappa shape index (κ1) is 16.5. The number of anilines is 1. The highest BCUT2D eigenvalue weighted by Gasteiger charge is 2.08. The Morgan fingerprint density at radius 1 is 1.26 bits per heavy atom. The normalized spacial score (nSPS) is 10.2. The third-order valence-electron chi connectivity index (χ3n) is 3.09. The molecule has 1 heterocycles. The average molecular weight is 317 g/mol. The van der Waals surface area contributed by atoms with Gasteiger partial charge in [-0.3, -0.25) is 10.1 Å². The van der Waals surface area contributed by atoms with Crippen molar-refractivity contribution in [1.29, 1.82) is 0 Å². The third kappa shape index (κ3) is 5.42. The summed E-state index contributed by atoms with van der Waals surface area (Å²) in [5, 5.41) is 13.0. The first-order chi connectivity index (χ1) is 11.1. The van der Waals surface area contributed by atoms with Crippen LogP contribution in [-0.2, 0) is 22.5 Å². The number of rotatable bonds is 6. The molecule has 2 amide bonds. The lowest BCUT2D eigenvalue weighted by atomic mass is 10.1. The Kier molecular flexibility index (Phi) is 5.67. The number of benzene rings is 1. The van der Waals surface area contributed by atoms with Crippen molar-refractivity contribution in [2.45, 2.75) is 19.9 Å². The molecule has 0 fully saturated rings. The highest BCUT2D eigenvalue weighted by atomic mass is 16.5. The molecule has 0 unspecified atom stereocenters. The number of amides is 2. The summed E-state index contributed by atoms with van der Waals surface area (Å²) in [6.45, 7) is 2.55. The van der Waals surface area contributed by atoms with Gasteiger partial charge < -0.3 is 10.1 Å². The molecule has 8 nitrogen and oxygen atoms in total. The lowest BCUT2D eigenvalue weighted by Crippen LogP contribution is -2.30. The van der Waals surface area contributed by atoms with Crippen molar-refractivity contribution in [2.75, 3.05) is 19.0 Å². The Morgan fingerprint density at radius 3 is 2.70 bits per heavy atom. The smallest absolute Gasteiger partial charge is 0.412 e. The second-order valence-corrected chi connectivity index (χ2v) is 4.96. The van der Waals surface area contributed by atoms with Crippen molar-refractivity contribution in [1.82, 2.24) is 20.3 Å². The quantitative estimate of drug-likeness (QED) is 0.832. The van der Waals surface area contributed by atoms with Gasteiger partial charge in [-0.2, -0.15) is 9.90 Å². The van der Waals surface area contributed by atoms with E-state index in [1.165, 1.54) is 23.7 Å². The number of methoxy groups -OCH3 is 1. The molecular weight excluding hydrogens is 298 g/mol.